The minimum Gasteiger partial charge on any atom is -0.484 e. The Kier molecular flexibility index (Phi) is 3.57. The molecule has 108 valence electrons. The van der Waals surface area contributed by atoms with Gasteiger partial charge in [-0.3, -0.25) is 10.1 Å². The third-order valence-corrected chi connectivity index (χ3v) is 3.00. The van der Waals surface area contributed by atoms with E-state index in [2.05, 4.69) is 0 Å². The number of ether oxygens (including phenoxy) is 3. The Bertz CT molecular complexity index is 557. The van der Waals surface area contributed by atoms with Gasteiger partial charge in [-0.05, 0) is 32.4 Å². The zero-order valence-corrected chi connectivity index (χ0v) is 11.9. The molecule has 1 aromatic carbocycles. The molecule has 6 heteroatoms. The van der Waals surface area contributed by atoms with Crippen molar-refractivity contribution in [3.05, 3.63) is 45.9 Å². The average Bonchev–Trinajstić information content (AvgIpc) is 2.75. The molecule has 20 heavy (non-hydrogen) atoms. The van der Waals surface area contributed by atoms with Crippen LogP contribution in [0.2, 0.25) is 0 Å². The van der Waals surface area contributed by atoms with Crippen LogP contribution >= 0.6 is 0 Å². The summed E-state index contributed by atoms with van der Waals surface area (Å²) in [5.41, 5.74) is 1.31. The van der Waals surface area contributed by atoms with Gasteiger partial charge in [-0.2, -0.15) is 0 Å². The fourth-order valence-corrected chi connectivity index (χ4v) is 2.12. The van der Waals surface area contributed by atoms with Crippen molar-refractivity contribution in [3.63, 3.8) is 0 Å². The summed E-state index contributed by atoms with van der Waals surface area (Å²) in [6.07, 6.45) is 2.70. The maximum Gasteiger partial charge on any atom is 0.311 e. The van der Waals surface area contributed by atoms with Crippen molar-refractivity contribution >= 4 is 5.69 Å². The first-order valence-corrected chi connectivity index (χ1v) is 6.30. The van der Waals surface area contributed by atoms with E-state index in [-0.39, 0.29) is 17.5 Å². The normalized spacial score (nSPS) is 15.8. The number of rotatable bonds is 4. The van der Waals surface area contributed by atoms with Crippen LogP contribution in [-0.2, 0) is 15.3 Å². The van der Waals surface area contributed by atoms with Crippen LogP contribution in [-0.4, -0.2) is 11.0 Å². The summed E-state index contributed by atoms with van der Waals surface area (Å²) in [6.45, 7) is 7.19. The maximum absolute atomic E-state index is 11.2. The van der Waals surface area contributed by atoms with Crippen LogP contribution in [0.1, 0.15) is 31.9 Å². The maximum atomic E-state index is 11.2. The van der Waals surface area contributed by atoms with E-state index in [0.29, 0.717) is 5.56 Å². The average molecular weight is 279 g/mol. The fraction of sp³-hybridized carbons (Fsp3) is 0.429. The predicted molar refractivity (Wildman–Crippen MR) is 72.3 cm³/mol. The van der Waals surface area contributed by atoms with Crippen molar-refractivity contribution in [2.24, 2.45) is 0 Å². The van der Waals surface area contributed by atoms with E-state index < -0.39 is 10.7 Å². The van der Waals surface area contributed by atoms with Crippen LogP contribution in [0.15, 0.2) is 24.7 Å². The van der Waals surface area contributed by atoms with Gasteiger partial charge in [0.2, 0.25) is 0 Å². The number of nitro groups is 1. The molecular formula is C14H17NO5. The summed E-state index contributed by atoms with van der Waals surface area (Å²) in [5, 5.41) is 11.2. The number of nitrogens with zero attached hydrogens (tertiary/aromatic N) is 1. The molecule has 0 fully saturated rings. The second-order valence-corrected chi connectivity index (χ2v) is 5.01. The highest BCUT2D eigenvalue weighted by molar-refractivity contribution is 5.53. The van der Waals surface area contributed by atoms with E-state index in [9.17, 15) is 10.1 Å². The first kappa shape index (κ1) is 14.2. The Morgan fingerprint density at radius 1 is 1.30 bits per heavy atom. The molecule has 0 aromatic heterocycles. The van der Waals surface area contributed by atoms with Crippen molar-refractivity contribution in [2.45, 2.75) is 39.6 Å². The highest BCUT2D eigenvalue weighted by atomic mass is 16.7. The Balaban J connectivity index is 2.50. The van der Waals surface area contributed by atoms with Crippen LogP contribution < -0.4 is 4.74 Å². The van der Waals surface area contributed by atoms with E-state index in [0.717, 1.165) is 5.56 Å². The number of aryl methyl sites for hydroxylation is 1. The quantitative estimate of drug-likeness (QED) is 0.624. The topological polar surface area (TPSA) is 70.8 Å². The lowest BCUT2D eigenvalue weighted by atomic mass is 10.00. The SMILES string of the molecule is Cc1cc(OC(C)C)c([N+](=O)[O-])cc1C1(C)OC=CO1. The van der Waals surface area contributed by atoms with Gasteiger partial charge in [0.15, 0.2) is 5.75 Å². The van der Waals surface area contributed by atoms with Gasteiger partial charge >= 0.3 is 5.69 Å². The van der Waals surface area contributed by atoms with Crippen LogP contribution in [0, 0.1) is 17.0 Å². The summed E-state index contributed by atoms with van der Waals surface area (Å²) in [4.78, 5) is 10.7. The van der Waals surface area contributed by atoms with Gasteiger partial charge in [0.05, 0.1) is 11.0 Å². The lowest BCUT2D eigenvalue weighted by Gasteiger charge is -2.25. The molecule has 1 aliphatic heterocycles. The summed E-state index contributed by atoms with van der Waals surface area (Å²) >= 11 is 0. The predicted octanol–water partition coefficient (Wildman–Crippen LogP) is 3.38. The molecule has 0 spiro atoms. The van der Waals surface area contributed by atoms with Crippen LogP contribution in [0.5, 0.6) is 5.75 Å². The van der Waals surface area contributed by atoms with Crippen molar-refractivity contribution in [2.75, 3.05) is 0 Å². The Morgan fingerprint density at radius 3 is 2.40 bits per heavy atom. The molecule has 0 bridgehead atoms. The van der Waals surface area contributed by atoms with Gasteiger partial charge in [-0.25, -0.2) is 0 Å². The van der Waals surface area contributed by atoms with Gasteiger partial charge in [0.1, 0.15) is 12.5 Å². The molecule has 1 aliphatic rings. The molecular weight excluding hydrogens is 262 g/mol. The third kappa shape index (κ3) is 2.54. The molecule has 1 aromatic rings. The second-order valence-electron chi connectivity index (χ2n) is 5.01. The molecule has 0 saturated carbocycles. The molecule has 1 heterocycles. The summed E-state index contributed by atoms with van der Waals surface area (Å²) in [6, 6.07) is 3.09. The molecule has 2 rings (SSSR count). The Hall–Kier alpha value is -2.24. The number of hydrogen-bond donors (Lipinski definition) is 0. The molecule has 0 radical (unpaired) electrons. The minimum absolute atomic E-state index is 0.0976. The van der Waals surface area contributed by atoms with Gasteiger partial charge in [0.25, 0.3) is 5.79 Å². The summed E-state index contributed by atoms with van der Waals surface area (Å²) in [7, 11) is 0. The highest BCUT2D eigenvalue weighted by Gasteiger charge is 2.36. The van der Waals surface area contributed by atoms with Crippen molar-refractivity contribution in [3.8, 4) is 5.75 Å². The molecule has 0 amide bonds. The molecule has 0 atom stereocenters. The first-order chi connectivity index (χ1) is 9.33. The largest absolute Gasteiger partial charge is 0.484 e. The Labute approximate surface area is 117 Å². The molecule has 0 N–H and O–H groups in total. The molecule has 0 aliphatic carbocycles. The van der Waals surface area contributed by atoms with Crippen LogP contribution in [0.4, 0.5) is 5.69 Å². The number of hydrogen-bond acceptors (Lipinski definition) is 5. The standard InChI is InChI=1S/C14H17NO5/c1-9(2)20-13-7-10(3)11(8-12(13)15(16)17)14(4)18-5-6-19-14/h5-9H,1-4H3. The zero-order chi connectivity index (χ0) is 14.9. The van der Waals surface area contributed by atoms with Crippen molar-refractivity contribution < 1.29 is 19.1 Å². The summed E-state index contributed by atoms with van der Waals surface area (Å²) < 4.78 is 16.3. The van der Waals surface area contributed by atoms with Crippen LogP contribution in [0.3, 0.4) is 0 Å². The van der Waals surface area contributed by atoms with Crippen molar-refractivity contribution in [1.29, 1.82) is 0 Å². The lowest BCUT2D eigenvalue weighted by molar-refractivity contribution is -0.386. The molecule has 0 unspecified atom stereocenters. The minimum atomic E-state index is -1.04. The van der Waals surface area contributed by atoms with Gasteiger partial charge in [-0.15, -0.1) is 0 Å². The van der Waals surface area contributed by atoms with Crippen LogP contribution in [0.25, 0.3) is 0 Å². The molecule has 6 nitrogen and oxygen atoms in total. The highest BCUT2D eigenvalue weighted by Crippen LogP contribution is 2.39. The number of nitro benzene ring substituents is 1. The van der Waals surface area contributed by atoms with E-state index in [1.54, 1.807) is 13.0 Å². The van der Waals surface area contributed by atoms with Gasteiger partial charge < -0.3 is 14.2 Å². The van der Waals surface area contributed by atoms with Gasteiger partial charge in [0, 0.05) is 18.6 Å². The smallest absolute Gasteiger partial charge is 0.311 e. The lowest BCUT2D eigenvalue weighted by Crippen LogP contribution is -2.24. The zero-order valence-electron chi connectivity index (χ0n) is 11.9. The first-order valence-electron chi connectivity index (χ1n) is 6.30. The summed E-state index contributed by atoms with van der Waals surface area (Å²) in [5.74, 6) is -0.786. The fourth-order valence-electron chi connectivity index (χ4n) is 2.12. The van der Waals surface area contributed by atoms with E-state index in [1.807, 2.05) is 20.8 Å². The number of benzene rings is 1. The van der Waals surface area contributed by atoms with Gasteiger partial charge in [-0.1, -0.05) is 0 Å². The van der Waals surface area contributed by atoms with E-state index >= 15 is 0 Å². The van der Waals surface area contributed by atoms with Crippen molar-refractivity contribution in [1.82, 2.24) is 0 Å². The molecule has 0 saturated heterocycles. The Morgan fingerprint density at radius 2 is 1.90 bits per heavy atom. The van der Waals surface area contributed by atoms with E-state index in [4.69, 9.17) is 14.2 Å². The van der Waals surface area contributed by atoms with E-state index in [1.165, 1.54) is 18.6 Å². The monoisotopic (exact) mass is 279 g/mol. The second kappa shape index (κ2) is 5.03. The third-order valence-electron chi connectivity index (χ3n) is 3.00.